The topological polar surface area (TPSA) is 93.1 Å². The molecular weight excluding hydrogens is 432 g/mol. The maximum Gasteiger partial charge on any atom is 0.262 e. The Morgan fingerprint density at radius 3 is 2.45 bits per heavy atom. The molecule has 2 saturated carbocycles. The molecule has 2 aliphatic carbocycles. The van der Waals surface area contributed by atoms with Gasteiger partial charge >= 0.3 is 0 Å². The third-order valence-corrected chi connectivity index (χ3v) is 8.08. The summed E-state index contributed by atoms with van der Waals surface area (Å²) in [5.74, 6) is -2.38. The smallest absolute Gasteiger partial charge is 0.262 e. The summed E-state index contributed by atoms with van der Waals surface area (Å²) in [6.07, 6.45) is 4.82. The molecule has 33 heavy (non-hydrogen) atoms. The molecule has 5 rings (SSSR count). The number of carbonyl (C=O) groups is 1. The van der Waals surface area contributed by atoms with E-state index in [9.17, 15) is 18.4 Å². The summed E-state index contributed by atoms with van der Waals surface area (Å²) in [4.78, 5) is 35.4. The fourth-order valence-corrected chi connectivity index (χ4v) is 5.43. The third kappa shape index (κ3) is 4.06. The Labute approximate surface area is 190 Å². The molecule has 0 spiro atoms. The van der Waals surface area contributed by atoms with Gasteiger partial charge in [0.2, 0.25) is 11.8 Å². The van der Waals surface area contributed by atoms with E-state index in [4.69, 9.17) is 9.72 Å². The number of likely N-dealkylation sites (tertiary alicyclic amines) is 1. The van der Waals surface area contributed by atoms with Gasteiger partial charge in [0, 0.05) is 44.9 Å². The highest BCUT2D eigenvalue weighted by molar-refractivity contribution is 5.81. The van der Waals surface area contributed by atoms with E-state index in [0.717, 1.165) is 25.7 Å². The minimum Gasteiger partial charge on any atom is -0.378 e. The van der Waals surface area contributed by atoms with Crippen LogP contribution in [0, 0.1) is 5.92 Å². The summed E-state index contributed by atoms with van der Waals surface area (Å²) >= 11 is 0. The van der Waals surface area contributed by atoms with Gasteiger partial charge in [0.25, 0.3) is 5.56 Å². The predicted molar refractivity (Wildman–Crippen MR) is 117 cm³/mol. The number of fused-ring (bicyclic) bond motifs is 1. The van der Waals surface area contributed by atoms with E-state index in [1.165, 1.54) is 6.20 Å². The van der Waals surface area contributed by atoms with Crippen molar-refractivity contribution in [3.63, 3.8) is 0 Å². The van der Waals surface area contributed by atoms with Crippen molar-refractivity contribution < 1.29 is 18.3 Å². The quantitative estimate of drug-likeness (QED) is 0.750. The zero-order chi connectivity index (χ0) is 23.4. The molecular formula is C23H31F2N5O3. The number of rotatable bonds is 4. The number of hydrogen-bond donors (Lipinski definition) is 1. The molecule has 2 aromatic rings. The third-order valence-electron chi connectivity index (χ3n) is 8.08. The largest absolute Gasteiger partial charge is 0.378 e. The van der Waals surface area contributed by atoms with Crippen LogP contribution in [0.25, 0.3) is 11.0 Å². The normalized spacial score (nSPS) is 27.5. The van der Waals surface area contributed by atoms with Gasteiger partial charge in [-0.25, -0.2) is 18.4 Å². The van der Waals surface area contributed by atoms with Crippen molar-refractivity contribution in [2.24, 2.45) is 5.92 Å². The number of H-pyrrole nitrogens is 1. The number of alkyl halides is 2. The number of ether oxygens (including phenoxy) is 1. The first-order valence-electron chi connectivity index (χ1n) is 11.9. The van der Waals surface area contributed by atoms with Crippen molar-refractivity contribution >= 4 is 16.9 Å². The van der Waals surface area contributed by atoms with E-state index in [1.807, 2.05) is 4.90 Å². The Morgan fingerprint density at radius 2 is 1.85 bits per heavy atom. The lowest BCUT2D eigenvalue weighted by atomic mass is 9.72. The number of nitrogens with zero attached hydrogens (tertiary/aromatic N) is 4. The van der Waals surface area contributed by atoms with Gasteiger partial charge in [0.15, 0.2) is 5.65 Å². The SMILES string of the molecule is COC1(C)CCN(C(=O)C2CCC2c2nc3c(cnn3C3CCC(F)(F)CC3)c(=O)[nH]2)CC1. The second-order valence-electron chi connectivity index (χ2n) is 10.1. The molecule has 10 heteroatoms. The molecule has 3 heterocycles. The van der Waals surface area contributed by atoms with Gasteiger partial charge in [-0.05, 0) is 45.4 Å². The molecule has 180 valence electrons. The van der Waals surface area contributed by atoms with Crippen molar-refractivity contribution in [3.8, 4) is 0 Å². The molecule has 3 aliphatic rings. The number of nitrogens with one attached hydrogen (secondary N) is 1. The highest BCUT2D eigenvalue weighted by atomic mass is 19.3. The number of halogens is 2. The van der Waals surface area contributed by atoms with Gasteiger partial charge < -0.3 is 14.6 Å². The molecule has 3 fully saturated rings. The van der Waals surface area contributed by atoms with Crippen molar-refractivity contribution in [1.29, 1.82) is 0 Å². The summed E-state index contributed by atoms with van der Waals surface area (Å²) in [5.41, 5.74) is -0.0556. The van der Waals surface area contributed by atoms with Crippen molar-refractivity contribution in [3.05, 3.63) is 22.4 Å². The monoisotopic (exact) mass is 463 g/mol. The van der Waals surface area contributed by atoms with Crippen LogP contribution in [0.15, 0.2) is 11.0 Å². The van der Waals surface area contributed by atoms with Crippen LogP contribution in [0.2, 0.25) is 0 Å². The lowest BCUT2D eigenvalue weighted by Gasteiger charge is -2.43. The maximum absolute atomic E-state index is 13.6. The first-order valence-corrected chi connectivity index (χ1v) is 11.9. The van der Waals surface area contributed by atoms with Gasteiger partial charge in [0.05, 0.1) is 17.8 Å². The molecule has 8 nitrogen and oxygen atoms in total. The molecule has 2 atom stereocenters. The van der Waals surface area contributed by atoms with E-state index in [-0.39, 0.29) is 47.8 Å². The van der Waals surface area contributed by atoms with E-state index < -0.39 is 5.92 Å². The number of hydrogen-bond acceptors (Lipinski definition) is 5. The number of aromatic nitrogens is 4. The van der Waals surface area contributed by atoms with E-state index in [0.29, 0.717) is 42.8 Å². The molecule has 1 aliphatic heterocycles. The molecule has 1 amide bonds. The Hall–Kier alpha value is -2.36. The molecule has 0 radical (unpaired) electrons. The number of aromatic amines is 1. The lowest BCUT2D eigenvalue weighted by Crippen LogP contribution is -2.50. The molecule has 0 bridgehead atoms. The first-order chi connectivity index (χ1) is 15.7. The Kier molecular flexibility index (Phi) is 5.54. The Morgan fingerprint density at radius 1 is 1.15 bits per heavy atom. The van der Waals surface area contributed by atoms with Crippen LogP contribution in [0.1, 0.15) is 76.1 Å². The molecule has 1 saturated heterocycles. The molecule has 1 N–H and O–H groups in total. The Balaban J connectivity index is 1.36. The van der Waals surface area contributed by atoms with Crippen LogP contribution < -0.4 is 5.56 Å². The van der Waals surface area contributed by atoms with Crippen molar-refractivity contribution in [2.45, 2.75) is 81.8 Å². The average Bonchev–Trinajstić information content (AvgIpc) is 3.18. The zero-order valence-corrected chi connectivity index (χ0v) is 19.1. The van der Waals surface area contributed by atoms with Gasteiger partial charge in [-0.2, -0.15) is 5.10 Å². The molecule has 2 unspecified atom stereocenters. The summed E-state index contributed by atoms with van der Waals surface area (Å²) in [6.45, 7) is 3.39. The van der Waals surface area contributed by atoms with Crippen molar-refractivity contribution in [1.82, 2.24) is 24.6 Å². The van der Waals surface area contributed by atoms with Crippen LogP contribution in [0.3, 0.4) is 0 Å². The minimum atomic E-state index is -2.63. The summed E-state index contributed by atoms with van der Waals surface area (Å²) in [5, 5.41) is 4.68. The highest BCUT2D eigenvalue weighted by Gasteiger charge is 2.43. The van der Waals surface area contributed by atoms with Crippen LogP contribution in [-0.2, 0) is 9.53 Å². The van der Waals surface area contributed by atoms with Crippen molar-refractivity contribution in [2.75, 3.05) is 20.2 Å². The lowest BCUT2D eigenvalue weighted by molar-refractivity contribution is -0.144. The van der Waals surface area contributed by atoms with E-state index >= 15 is 0 Å². The predicted octanol–water partition coefficient (Wildman–Crippen LogP) is 3.39. The summed E-state index contributed by atoms with van der Waals surface area (Å²) in [7, 11) is 1.71. The Bertz CT molecular complexity index is 1100. The fourth-order valence-electron chi connectivity index (χ4n) is 5.43. The fraction of sp³-hybridized carbons (Fsp3) is 0.739. The van der Waals surface area contributed by atoms with Crippen LogP contribution in [0.4, 0.5) is 8.78 Å². The first kappa shape index (κ1) is 22.4. The van der Waals surface area contributed by atoms with Crippen LogP contribution in [-0.4, -0.2) is 62.3 Å². The maximum atomic E-state index is 13.6. The zero-order valence-electron chi connectivity index (χ0n) is 19.1. The molecule has 2 aromatic heterocycles. The number of piperidine rings is 1. The number of methoxy groups -OCH3 is 1. The number of carbonyl (C=O) groups excluding carboxylic acids is 1. The van der Waals surface area contributed by atoms with Gasteiger partial charge in [-0.3, -0.25) is 9.59 Å². The van der Waals surface area contributed by atoms with E-state index in [2.05, 4.69) is 17.0 Å². The second kappa shape index (κ2) is 8.14. The molecule has 0 aromatic carbocycles. The van der Waals surface area contributed by atoms with Gasteiger partial charge in [-0.1, -0.05) is 0 Å². The van der Waals surface area contributed by atoms with Gasteiger partial charge in [0.1, 0.15) is 11.2 Å². The summed E-state index contributed by atoms with van der Waals surface area (Å²) < 4.78 is 34.4. The number of amides is 1. The highest BCUT2D eigenvalue weighted by Crippen LogP contribution is 2.43. The van der Waals surface area contributed by atoms with Crippen LogP contribution in [0.5, 0.6) is 0 Å². The standard InChI is InChI=1S/C23H31F2N5O3/c1-22(33-2)9-11-29(12-10-22)21(32)16-4-3-15(16)18-27-19-17(20(31)28-18)13-26-30(19)14-5-7-23(24,25)8-6-14/h13-16H,3-12H2,1-2H3,(H,27,28,31). The second-order valence-corrected chi connectivity index (χ2v) is 10.1. The van der Waals surface area contributed by atoms with Gasteiger partial charge in [-0.15, -0.1) is 0 Å². The van der Waals surface area contributed by atoms with Crippen LogP contribution >= 0.6 is 0 Å². The minimum absolute atomic E-state index is 0.107. The average molecular weight is 464 g/mol. The van der Waals surface area contributed by atoms with E-state index in [1.54, 1.807) is 11.8 Å². The summed E-state index contributed by atoms with van der Waals surface area (Å²) in [6, 6.07) is -0.202.